The molecular formula is C9H11N3O6. The summed E-state index contributed by atoms with van der Waals surface area (Å²) in [6.45, 7) is 1.48. The summed E-state index contributed by atoms with van der Waals surface area (Å²) in [7, 11) is 0. The van der Waals surface area contributed by atoms with Crippen molar-refractivity contribution in [3.8, 4) is 0 Å². The Morgan fingerprint density at radius 1 is 1.61 bits per heavy atom. The van der Waals surface area contributed by atoms with Gasteiger partial charge in [0.1, 0.15) is 25.8 Å². The van der Waals surface area contributed by atoms with E-state index in [1.165, 1.54) is 4.57 Å². The molecule has 0 aliphatic carbocycles. The summed E-state index contributed by atoms with van der Waals surface area (Å²) in [5, 5.41) is 19.0. The lowest BCUT2D eigenvalue weighted by Gasteiger charge is -2.04. The second kappa shape index (κ2) is 5.75. The number of esters is 1. The van der Waals surface area contributed by atoms with Gasteiger partial charge in [-0.15, -0.1) is 0 Å². The van der Waals surface area contributed by atoms with Crippen molar-refractivity contribution >= 4 is 17.8 Å². The predicted molar refractivity (Wildman–Crippen MR) is 56.8 cm³/mol. The molecule has 1 aromatic rings. The van der Waals surface area contributed by atoms with E-state index < -0.39 is 23.3 Å². The van der Waals surface area contributed by atoms with Gasteiger partial charge < -0.3 is 20.0 Å². The van der Waals surface area contributed by atoms with Gasteiger partial charge in [-0.25, -0.2) is 9.55 Å². The number of carboxylic acid groups (broad SMARTS) is 1. The number of aryl methyl sites for hydroxylation is 1. The highest BCUT2D eigenvalue weighted by molar-refractivity contribution is 5.90. The molecular weight excluding hydrogens is 246 g/mol. The van der Waals surface area contributed by atoms with E-state index in [2.05, 4.69) is 9.72 Å². The molecule has 0 fully saturated rings. The molecule has 0 bridgehead atoms. The van der Waals surface area contributed by atoms with Crippen LogP contribution in [0.3, 0.4) is 0 Å². The van der Waals surface area contributed by atoms with Gasteiger partial charge in [-0.3, -0.25) is 9.59 Å². The van der Waals surface area contributed by atoms with Crippen LogP contribution in [0.1, 0.15) is 12.2 Å². The molecule has 0 aliphatic rings. The first-order chi connectivity index (χ1) is 8.41. The Morgan fingerprint density at radius 2 is 2.28 bits per heavy atom. The molecule has 0 amide bonds. The van der Waals surface area contributed by atoms with Crippen LogP contribution in [0.2, 0.25) is 0 Å². The molecule has 0 spiro atoms. The van der Waals surface area contributed by atoms with Crippen LogP contribution in [0, 0.1) is 17.0 Å². The molecule has 9 heteroatoms. The minimum Gasteiger partial charge on any atom is -0.481 e. The number of ether oxygens (including phenoxy) is 1. The highest BCUT2D eigenvalue weighted by Crippen LogP contribution is 2.12. The van der Waals surface area contributed by atoms with Crippen molar-refractivity contribution in [1.29, 1.82) is 0 Å². The number of aliphatic carboxylic acids is 1. The number of nitrogens with zero attached hydrogens (tertiary/aromatic N) is 3. The summed E-state index contributed by atoms with van der Waals surface area (Å²) in [6.07, 6.45) is 0.374. The summed E-state index contributed by atoms with van der Waals surface area (Å²) in [5.41, 5.74) is 0. The normalized spacial score (nSPS) is 10.1. The second-order valence-corrected chi connectivity index (χ2v) is 3.36. The molecule has 98 valence electrons. The minimum absolute atomic E-state index is 0.0491. The van der Waals surface area contributed by atoms with Crippen LogP contribution in [0.4, 0.5) is 5.82 Å². The second-order valence-electron chi connectivity index (χ2n) is 3.36. The topological polar surface area (TPSA) is 125 Å². The number of carbonyl (C=O) groups is 2. The van der Waals surface area contributed by atoms with E-state index in [1.807, 2.05) is 0 Å². The summed E-state index contributed by atoms with van der Waals surface area (Å²) < 4.78 is 5.90. The van der Waals surface area contributed by atoms with E-state index in [9.17, 15) is 19.7 Å². The third kappa shape index (κ3) is 3.54. The van der Waals surface area contributed by atoms with Crippen LogP contribution in [-0.4, -0.2) is 38.1 Å². The Morgan fingerprint density at radius 3 is 2.83 bits per heavy atom. The van der Waals surface area contributed by atoms with E-state index in [4.69, 9.17) is 5.11 Å². The molecule has 0 saturated heterocycles. The van der Waals surface area contributed by atoms with Crippen molar-refractivity contribution in [1.82, 2.24) is 9.55 Å². The lowest BCUT2D eigenvalue weighted by Crippen LogP contribution is -2.15. The smallest absolute Gasteiger partial charge is 0.342 e. The molecule has 0 saturated carbocycles. The van der Waals surface area contributed by atoms with Crippen LogP contribution in [0.5, 0.6) is 0 Å². The maximum Gasteiger partial charge on any atom is 0.342 e. The number of aromatic nitrogens is 2. The third-order valence-corrected chi connectivity index (χ3v) is 2.09. The SMILES string of the molecule is Cc1ncc([N+](=O)[O-])n1CCOC(=O)CC(=O)O. The fourth-order valence-electron chi connectivity index (χ4n) is 1.30. The molecule has 9 nitrogen and oxygen atoms in total. The zero-order chi connectivity index (χ0) is 13.7. The van der Waals surface area contributed by atoms with Crippen LogP contribution >= 0.6 is 0 Å². The van der Waals surface area contributed by atoms with E-state index in [1.54, 1.807) is 6.92 Å². The van der Waals surface area contributed by atoms with Gasteiger partial charge in [0.25, 0.3) is 0 Å². The number of nitro groups is 1. The molecule has 1 heterocycles. The standard InChI is InChI=1S/C9H11N3O6/c1-6-10-5-7(12(16)17)11(6)2-3-18-9(15)4-8(13)14/h5H,2-4H2,1H3,(H,13,14). The monoisotopic (exact) mass is 257 g/mol. The summed E-state index contributed by atoms with van der Waals surface area (Å²) in [4.78, 5) is 34.9. The predicted octanol–water partition coefficient (Wildman–Crippen LogP) is 0.118. The van der Waals surface area contributed by atoms with Gasteiger partial charge in [0.15, 0.2) is 5.82 Å². The summed E-state index contributed by atoms with van der Waals surface area (Å²) in [5.74, 6) is -1.97. The van der Waals surface area contributed by atoms with Crippen molar-refractivity contribution in [2.45, 2.75) is 19.9 Å². The molecule has 18 heavy (non-hydrogen) atoms. The van der Waals surface area contributed by atoms with E-state index in [0.717, 1.165) is 6.20 Å². The van der Waals surface area contributed by atoms with E-state index in [0.29, 0.717) is 5.82 Å². The quantitative estimate of drug-likeness (QED) is 0.332. The highest BCUT2D eigenvalue weighted by atomic mass is 16.6. The largest absolute Gasteiger partial charge is 0.481 e. The lowest BCUT2D eigenvalue weighted by molar-refractivity contribution is -0.392. The molecule has 0 unspecified atom stereocenters. The molecule has 0 radical (unpaired) electrons. The molecule has 0 atom stereocenters. The Hall–Kier alpha value is -2.45. The number of hydrogen-bond donors (Lipinski definition) is 1. The van der Waals surface area contributed by atoms with Gasteiger partial charge in [-0.05, 0) is 4.92 Å². The van der Waals surface area contributed by atoms with Gasteiger partial charge in [0.05, 0.1) is 0 Å². The Kier molecular flexibility index (Phi) is 4.35. The van der Waals surface area contributed by atoms with E-state index in [-0.39, 0.29) is 19.0 Å². The Labute approximate surface area is 101 Å². The molecule has 1 rings (SSSR count). The maximum atomic E-state index is 10.9. The first-order valence-corrected chi connectivity index (χ1v) is 4.95. The zero-order valence-electron chi connectivity index (χ0n) is 9.53. The third-order valence-electron chi connectivity index (χ3n) is 2.09. The number of imidazole rings is 1. The highest BCUT2D eigenvalue weighted by Gasteiger charge is 2.17. The van der Waals surface area contributed by atoms with Crippen LogP contribution in [0.15, 0.2) is 6.20 Å². The van der Waals surface area contributed by atoms with Gasteiger partial charge in [-0.1, -0.05) is 0 Å². The van der Waals surface area contributed by atoms with Crippen LogP contribution < -0.4 is 0 Å². The van der Waals surface area contributed by atoms with E-state index >= 15 is 0 Å². The average molecular weight is 257 g/mol. The number of carbonyl (C=O) groups excluding carboxylic acids is 1. The first kappa shape index (κ1) is 13.6. The zero-order valence-corrected chi connectivity index (χ0v) is 9.53. The Bertz CT molecular complexity index is 481. The van der Waals surface area contributed by atoms with Crippen molar-refractivity contribution in [3.63, 3.8) is 0 Å². The number of hydrogen-bond acceptors (Lipinski definition) is 6. The molecule has 0 aromatic carbocycles. The van der Waals surface area contributed by atoms with Gasteiger partial charge in [-0.2, -0.15) is 0 Å². The van der Waals surface area contributed by atoms with Crippen molar-refractivity contribution in [2.75, 3.05) is 6.61 Å². The van der Waals surface area contributed by atoms with Crippen molar-refractivity contribution in [3.05, 3.63) is 22.1 Å². The summed E-state index contributed by atoms with van der Waals surface area (Å²) >= 11 is 0. The fourth-order valence-corrected chi connectivity index (χ4v) is 1.30. The first-order valence-electron chi connectivity index (χ1n) is 4.95. The fraction of sp³-hybridized carbons (Fsp3) is 0.444. The molecule has 0 aliphatic heterocycles. The number of rotatable bonds is 6. The minimum atomic E-state index is -1.29. The maximum absolute atomic E-state index is 10.9. The van der Waals surface area contributed by atoms with Crippen LogP contribution in [-0.2, 0) is 20.9 Å². The molecule has 1 N–H and O–H groups in total. The molecule has 1 aromatic heterocycles. The van der Waals surface area contributed by atoms with Crippen molar-refractivity contribution < 1.29 is 24.4 Å². The average Bonchev–Trinajstić information content (AvgIpc) is 2.59. The van der Waals surface area contributed by atoms with Crippen molar-refractivity contribution in [2.24, 2.45) is 0 Å². The van der Waals surface area contributed by atoms with Crippen LogP contribution in [0.25, 0.3) is 0 Å². The number of carboxylic acids is 1. The van der Waals surface area contributed by atoms with Gasteiger partial charge in [0, 0.05) is 6.92 Å². The van der Waals surface area contributed by atoms with Gasteiger partial charge in [0.2, 0.25) is 0 Å². The lowest BCUT2D eigenvalue weighted by atomic mass is 10.4. The van der Waals surface area contributed by atoms with Gasteiger partial charge >= 0.3 is 17.8 Å². The Balaban J connectivity index is 2.54. The summed E-state index contributed by atoms with van der Waals surface area (Å²) in [6, 6.07) is 0.